The summed E-state index contributed by atoms with van der Waals surface area (Å²) in [4.78, 5) is 12.5. The van der Waals surface area contributed by atoms with Crippen molar-refractivity contribution >= 4 is 29.7 Å². The SMILES string of the molecule is CCc1ccsc1C(=O)N[C@H](C)CN.Cl. The highest BCUT2D eigenvalue weighted by Gasteiger charge is 2.13. The number of nitrogens with two attached hydrogens (primary N) is 1. The van der Waals surface area contributed by atoms with Crippen molar-refractivity contribution < 1.29 is 4.79 Å². The Bertz CT molecular complexity index is 314. The highest BCUT2D eigenvalue weighted by atomic mass is 35.5. The Morgan fingerprint density at radius 2 is 2.33 bits per heavy atom. The molecule has 1 amide bonds. The predicted molar refractivity (Wildman–Crippen MR) is 66.9 cm³/mol. The van der Waals surface area contributed by atoms with Gasteiger partial charge < -0.3 is 11.1 Å². The number of thiophene rings is 1. The minimum atomic E-state index is -0.00481. The van der Waals surface area contributed by atoms with Crippen molar-refractivity contribution in [2.75, 3.05) is 6.54 Å². The van der Waals surface area contributed by atoms with Crippen LogP contribution in [0.2, 0.25) is 0 Å². The van der Waals surface area contributed by atoms with E-state index in [2.05, 4.69) is 5.32 Å². The Kier molecular flexibility index (Phi) is 6.56. The largest absolute Gasteiger partial charge is 0.348 e. The standard InChI is InChI=1S/C10H16N2OS.ClH/c1-3-8-4-5-14-9(8)10(13)12-7(2)6-11;/h4-5,7H,3,6,11H2,1-2H3,(H,12,13);1H/t7-;/m1./s1. The van der Waals surface area contributed by atoms with E-state index in [4.69, 9.17) is 5.73 Å². The van der Waals surface area contributed by atoms with Gasteiger partial charge in [0.15, 0.2) is 0 Å². The predicted octanol–water partition coefficient (Wildman–Crippen LogP) is 1.81. The van der Waals surface area contributed by atoms with Gasteiger partial charge in [0, 0.05) is 12.6 Å². The summed E-state index contributed by atoms with van der Waals surface area (Å²) in [5.41, 5.74) is 6.54. The summed E-state index contributed by atoms with van der Waals surface area (Å²) in [6.07, 6.45) is 0.892. The summed E-state index contributed by atoms with van der Waals surface area (Å²) in [7, 11) is 0. The lowest BCUT2D eigenvalue weighted by molar-refractivity contribution is 0.0944. The Hall–Kier alpha value is -0.580. The highest BCUT2D eigenvalue weighted by Crippen LogP contribution is 2.17. The number of amides is 1. The topological polar surface area (TPSA) is 55.1 Å². The van der Waals surface area contributed by atoms with Crippen LogP contribution >= 0.6 is 23.7 Å². The normalized spacial score (nSPS) is 11.7. The molecular weight excluding hydrogens is 232 g/mol. The minimum absolute atomic E-state index is 0. The van der Waals surface area contributed by atoms with Crippen molar-refractivity contribution in [3.63, 3.8) is 0 Å². The minimum Gasteiger partial charge on any atom is -0.348 e. The molecule has 86 valence electrons. The van der Waals surface area contributed by atoms with Crippen LogP contribution in [0.1, 0.15) is 29.1 Å². The molecule has 1 atom stereocenters. The van der Waals surface area contributed by atoms with Gasteiger partial charge in [0.2, 0.25) is 0 Å². The maximum atomic E-state index is 11.7. The lowest BCUT2D eigenvalue weighted by Gasteiger charge is -2.10. The van der Waals surface area contributed by atoms with E-state index >= 15 is 0 Å². The first-order valence-electron chi connectivity index (χ1n) is 4.76. The number of carbonyl (C=O) groups excluding carboxylic acids is 1. The third-order valence-electron chi connectivity index (χ3n) is 2.06. The molecule has 3 nitrogen and oxygen atoms in total. The summed E-state index contributed by atoms with van der Waals surface area (Å²) in [5.74, 6) is -0.00481. The van der Waals surface area contributed by atoms with Crippen molar-refractivity contribution in [1.29, 1.82) is 0 Å². The monoisotopic (exact) mass is 248 g/mol. The smallest absolute Gasteiger partial charge is 0.261 e. The van der Waals surface area contributed by atoms with Crippen LogP contribution in [0.5, 0.6) is 0 Å². The molecule has 0 aromatic carbocycles. The first-order chi connectivity index (χ1) is 6.69. The average molecular weight is 249 g/mol. The highest BCUT2D eigenvalue weighted by molar-refractivity contribution is 7.12. The molecule has 0 aliphatic heterocycles. The van der Waals surface area contributed by atoms with E-state index in [0.29, 0.717) is 6.54 Å². The van der Waals surface area contributed by atoms with Crippen LogP contribution in [0.4, 0.5) is 0 Å². The third kappa shape index (κ3) is 3.81. The van der Waals surface area contributed by atoms with E-state index in [1.807, 2.05) is 25.3 Å². The maximum absolute atomic E-state index is 11.7. The number of aryl methyl sites for hydroxylation is 1. The van der Waals surface area contributed by atoms with Crippen LogP contribution in [-0.2, 0) is 6.42 Å². The van der Waals surface area contributed by atoms with Crippen molar-refractivity contribution in [3.8, 4) is 0 Å². The van der Waals surface area contributed by atoms with Crippen LogP contribution in [0, 0.1) is 0 Å². The van der Waals surface area contributed by atoms with Crippen molar-refractivity contribution in [3.05, 3.63) is 21.9 Å². The van der Waals surface area contributed by atoms with Crippen LogP contribution in [0.3, 0.4) is 0 Å². The lowest BCUT2D eigenvalue weighted by atomic mass is 10.2. The molecule has 1 heterocycles. The molecule has 0 unspecified atom stereocenters. The Labute approximate surface area is 100 Å². The van der Waals surface area contributed by atoms with Gasteiger partial charge in [-0.2, -0.15) is 0 Å². The van der Waals surface area contributed by atoms with Crippen molar-refractivity contribution in [2.45, 2.75) is 26.3 Å². The first-order valence-corrected chi connectivity index (χ1v) is 5.64. The van der Waals surface area contributed by atoms with Crippen LogP contribution in [0.25, 0.3) is 0 Å². The molecule has 0 saturated carbocycles. The van der Waals surface area contributed by atoms with Crippen LogP contribution in [-0.4, -0.2) is 18.5 Å². The van der Waals surface area contributed by atoms with E-state index in [1.54, 1.807) is 0 Å². The van der Waals surface area contributed by atoms with Crippen molar-refractivity contribution in [2.24, 2.45) is 5.73 Å². The summed E-state index contributed by atoms with van der Waals surface area (Å²) in [5, 5.41) is 4.80. The molecule has 15 heavy (non-hydrogen) atoms. The molecule has 0 bridgehead atoms. The van der Waals surface area contributed by atoms with E-state index in [0.717, 1.165) is 16.9 Å². The maximum Gasteiger partial charge on any atom is 0.261 e. The average Bonchev–Trinajstić information content (AvgIpc) is 2.65. The van der Waals surface area contributed by atoms with Crippen LogP contribution in [0.15, 0.2) is 11.4 Å². The van der Waals surface area contributed by atoms with Gasteiger partial charge in [0.25, 0.3) is 5.91 Å². The second kappa shape index (κ2) is 6.82. The van der Waals surface area contributed by atoms with Crippen molar-refractivity contribution in [1.82, 2.24) is 5.32 Å². The number of halogens is 1. The van der Waals surface area contributed by atoms with Gasteiger partial charge in [-0.1, -0.05) is 6.92 Å². The molecule has 0 saturated heterocycles. The molecular formula is C10H17ClN2OS. The number of rotatable bonds is 4. The van der Waals surface area contributed by atoms with Gasteiger partial charge >= 0.3 is 0 Å². The molecule has 3 N–H and O–H groups in total. The summed E-state index contributed by atoms with van der Waals surface area (Å²) in [6.45, 7) is 4.42. The van der Waals surface area contributed by atoms with Gasteiger partial charge in [-0.15, -0.1) is 23.7 Å². The van der Waals surface area contributed by atoms with Crippen LogP contribution < -0.4 is 11.1 Å². The number of hydrogen-bond acceptors (Lipinski definition) is 3. The molecule has 0 spiro atoms. The summed E-state index contributed by atoms with van der Waals surface area (Å²) < 4.78 is 0. The second-order valence-corrected chi connectivity index (χ2v) is 4.15. The fraction of sp³-hybridized carbons (Fsp3) is 0.500. The van der Waals surface area contributed by atoms with E-state index < -0.39 is 0 Å². The fourth-order valence-corrected chi connectivity index (χ4v) is 2.06. The van der Waals surface area contributed by atoms with E-state index in [9.17, 15) is 4.79 Å². The number of carbonyl (C=O) groups is 1. The van der Waals surface area contributed by atoms with E-state index in [1.165, 1.54) is 11.3 Å². The zero-order chi connectivity index (χ0) is 10.6. The molecule has 0 aliphatic carbocycles. The number of hydrogen-bond donors (Lipinski definition) is 2. The molecule has 0 radical (unpaired) electrons. The molecule has 1 rings (SSSR count). The fourth-order valence-electron chi connectivity index (χ4n) is 1.16. The molecule has 0 aliphatic rings. The number of nitrogens with one attached hydrogen (secondary N) is 1. The summed E-state index contributed by atoms with van der Waals surface area (Å²) >= 11 is 1.48. The second-order valence-electron chi connectivity index (χ2n) is 3.24. The van der Waals surface area contributed by atoms with Gasteiger partial charge in [-0.25, -0.2) is 0 Å². The lowest BCUT2D eigenvalue weighted by Crippen LogP contribution is -2.37. The quantitative estimate of drug-likeness (QED) is 0.854. The Balaban J connectivity index is 0.00000196. The molecule has 1 aromatic heterocycles. The van der Waals surface area contributed by atoms with Gasteiger partial charge in [-0.05, 0) is 30.4 Å². The van der Waals surface area contributed by atoms with Gasteiger partial charge in [0.1, 0.15) is 0 Å². The van der Waals surface area contributed by atoms with Gasteiger partial charge in [0.05, 0.1) is 4.88 Å². The Morgan fingerprint density at radius 1 is 1.67 bits per heavy atom. The zero-order valence-corrected chi connectivity index (χ0v) is 10.6. The first kappa shape index (κ1) is 14.4. The zero-order valence-electron chi connectivity index (χ0n) is 8.95. The summed E-state index contributed by atoms with van der Waals surface area (Å²) in [6, 6.07) is 2.03. The Morgan fingerprint density at radius 3 is 2.87 bits per heavy atom. The van der Waals surface area contributed by atoms with E-state index in [-0.39, 0.29) is 24.4 Å². The van der Waals surface area contributed by atoms with Gasteiger partial charge in [-0.3, -0.25) is 4.79 Å². The molecule has 5 heteroatoms. The molecule has 1 aromatic rings. The molecule has 0 fully saturated rings. The third-order valence-corrected chi connectivity index (χ3v) is 3.02.